The van der Waals surface area contributed by atoms with E-state index < -0.39 is 10.0 Å². The highest BCUT2D eigenvalue weighted by Crippen LogP contribution is 2.28. The molecule has 0 aliphatic rings. The minimum atomic E-state index is -3.54. The van der Waals surface area contributed by atoms with E-state index in [1.54, 1.807) is 31.4 Å². The maximum Gasteiger partial charge on any atom is 0.271 e. The van der Waals surface area contributed by atoms with Crippen LogP contribution in [0.3, 0.4) is 0 Å². The SMILES string of the molecule is COCCc1ccccc1NS(=O)(=O)c1ccc(Br)s1. The van der Waals surface area contributed by atoms with Crippen molar-refractivity contribution in [1.82, 2.24) is 0 Å². The number of nitrogens with one attached hydrogen (secondary N) is 1. The molecule has 0 aliphatic heterocycles. The van der Waals surface area contributed by atoms with Gasteiger partial charge in [-0.2, -0.15) is 0 Å². The predicted molar refractivity (Wildman–Crippen MR) is 84.8 cm³/mol. The standard InChI is InChI=1S/C13H14BrNO3S2/c1-18-9-8-10-4-2-3-5-11(10)15-20(16,17)13-7-6-12(14)19-13/h2-7,15H,8-9H2,1H3. The van der Waals surface area contributed by atoms with Crippen molar-refractivity contribution in [2.24, 2.45) is 0 Å². The first-order valence-corrected chi connectivity index (χ1v) is 8.97. The summed E-state index contributed by atoms with van der Waals surface area (Å²) < 4.78 is 33.3. The van der Waals surface area contributed by atoms with Crippen molar-refractivity contribution in [3.8, 4) is 0 Å². The Balaban J connectivity index is 2.25. The molecule has 0 bridgehead atoms. The molecule has 1 aromatic heterocycles. The van der Waals surface area contributed by atoms with Crippen LogP contribution in [-0.4, -0.2) is 22.1 Å². The van der Waals surface area contributed by atoms with Crippen LogP contribution in [0.15, 0.2) is 44.4 Å². The fourth-order valence-corrected chi connectivity index (χ4v) is 4.80. The Bertz CT molecular complexity index is 682. The number of hydrogen-bond donors (Lipinski definition) is 1. The molecule has 1 aromatic carbocycles. The van der Waals surface area contributed by atoms with Gasteiger partial charge in [0.1, 0.15) is 4.21 Å². The minimum absolute atomic E-state index is 0.283. The van der Waals surface area contributed by atoms with Gasteiger partial charge in [-0.05, 0) is 46.1 Å². The molecule has 4 nitrogen and oxygen atoms in total. The lowest BCUT2D eigenvalue weighted by atomic mass is 10.1. The highest BCUT2D eigenvalue weighted by atomic mass is 79.9. The van der Waals surface area contributed by atoms with E-state index in [-0.39, 0.29) is 4.21 Å². The van der Waals surface area contributed by atoms with Gasteiger partial charge in [0.25, 0.3) is 10.0 Å². The normalized spacial score (nSPS) is 11.5. The summed E-state index contributed by atoms with van der Waals surface area (Å²) in [5.41, 5.74) is 1.50. The summed E-state index contributed by atoms with van der Waals surface area (Å²) in [6.45, 7) is 0.545. The Hall–Kier alpha value is -0.890. The zero-order valence-corrected chi connectivity index (χ0v) is 14.0. The lowest BCUT2D eigenvalue weighted by Gasteiger charge is -2.11. The van der Waals surface area contributed by atoms with Crippen molar-refractivity contribution in [1.29, 1.82) is 0 Å². The molecule has 0 saturated heterocycles. The van der Waals surface area contributed by atoms with Crippen molar-refractivity contribution < 1.29 is 13.2 Å². The Kier molecular flexibility index (Phi) is 5.20. The van der Waals surface area contributed by atoms with Crippen LogP contribution in [-0.2, 0) is 21.2 Å². The van der Waals surface area contributed by atoms with Gasteiger partial charge in [0.15, 0.2) is 0 Å². The van der Waals surface area contributed by atoms with Gasteiger partial charge in [0, 0.05) is 7.11 Å². The van der Waals surface area contributed by atoms with Crippen molar-refractivity contribution >= 4 is 43.0 Å². The molecule has 20 heavy (non-hydrogen) atoms. The molecular formula is C13H14BrNO3S2. The van der Waals surface area contributed by atoms with Crippen LogP contribution in [0, 0.1) is 0 Å². The number of benzene rings is 1. The Morgan fingerprint density at radius 2 is 2.00 bits per heavy atom. The number of anilines is 1. The maximum atomic E-state index is 12.3. The summed E-state index contributed by atoms with van der Waals surface area (Å²) in [7, 11) is -1.92. The van der Waals surface area contributed by atoms with E-state index >= 15 is 0 Å². The van der Waals surface area contributed by atoms with Crippen LogP contribution >= 0.6 is 27.3 Å². The summed E-state index contributed by atoms with van der Waals surface area (Å²) in [6, 6.07) is 10.6. The van der Waals surface area contributed by atoms with E-state index in [1.807, 2.05) is 12.1 Å². The van der Waals surface area contributed by atoms with Gasteiger partial charge in [-0.3, -0.25) is 4.72 Å². The molecule has 7 heteroatoms. The zero-order valence-electron chi connectivity index (χ0n) is 10.8. The van der Waals surface area contributed by atoms with Crippen LogP contribution < -0.4 is 4.72 Å². The topological polar surface area (TPSA) is 55.4 Å². The molecule has 1 N–H and O–H groups in total. The number of para-hydroxylation sites is 1. The van der Waals surface area contributed by atoms with Crippen LogP contribution in [0.4, 0.5) is 5.69 Å². The summed E-state index contributed by atoms with van der Waals surface area (Å²) in [4.78, 5) is 0. The first-order valence-electron chi connectivity index (χ1n) is 5.88. The Morgan fingerprint density at radius 3 is 2.65 bits per heavy atom. The van der Waals surface area contributed by atoms with Gasteiger partial charge < -0.3 is 4.74 Å². The van der Waals surface area contributed by atoms with E-state index in [0.717, 1.165) is 9.35 Å². The Morgan fingerprint density at radius 1 is 1.25 bits per heavy atom. The van der Waals surface area contributed by atoms with Crippen molar-refractivity contribution in [3.05, 3.63) is 45.7 Å². The van der Waals surface area contributed by atoms with E-state index in [2.05, 4.69) is 20.7 Å². The lowest BCUT2D eigenvalue weighted by molar-refractivity contribution is 0.202. The van der Waals surface area contributed by atoms with Gasteiger partial charge in [0.2, 0.25) is 0 Å². The second-order valence-electron chi connectivity index (χ2n) is 4.06. The third-order valence-corrected chi connectivity index (χ3v) is 6.13. The van der Waals surface area contributed by atoms with Gasteiger partial charge in [0.05, 0.1) is 16.1 Å². The smallest absolute Gasteiger partial charge is 0.271 e. The molecule has 0 aliphatic carbocycles. The summed E-state index contributed by atoms with van der Waals surface area (Å²) >= 11 is 4.45. The van der Waals surface area contributed by atoms with Gasteiger partial charge in [-0.15, -0.1) is 11.3 Å². The highest BCUT2D eigenvalue weighted by molar-refractivity contribution is 9.11. The molecule has 0 saturated carbocycles. The number of thiophene rings is 1. The van der Waals surface area contributed by atoms with E-state index in [1.165, 1.54) is 11.3 Å². The fraction of sp³-hybridized carbons (Fsp3) is 0.231. The van der Waals surface area contributed by atoms with Crippen molar-refractivity contribution in [2.45, 2.75) is 10.6 Å². The number of hydrogen-bond acceptors (Lipinski definition) is 4. The molecule has 0 amide bonds. The molecular weight excluding hydrogens is 362 g/mol. The monoisotopic (exact) mass is 375 g/mol. The molecule has 1 heterocycles. The molecule has 2 aromatic rings. The number of ether oxygens (including phenoxy) is 1. The van der Waals surface area contributed by atoms with Crippen LogP contribution in [0.5, 0.6) is 0 Å². The lowest BCUT2D eigenvalue weighted by Crippen LogP contribution is -2.13. The van der Waals surface area contributed by atoms with E-state index in [0.29, 0.717) is 18.7 Å². The van der Waals surface area contributed by atoms with Gasteiger partial charge in [-0.1, -0.05) is 18.2 Å². The molecule has 0 radical (unpaired) electrons. The molecule has 0 fully saturated rings. The number of halogens is 1. The van der Waals surface area contributed by atoms with Crippen LogP contribution in [0.1, 0.15) is 5.56 Å². The highest BCUT2D eigenvalue weighted by Gasteiger charge is 2.17. The second-order valence-corrected chi connectivity index (χ2v) is 8.44. The largest absolute Gasteiger partial charge is 0.384 e. The average Bonchev–Trinajstić information content (AvgIpc) is 2.85. The van der Waals surface area contributed by atoms with Crippen molar-refractivity contribution in [2.75, 3.05) is 18.4 Å². The first kappa shape index (κ1) is 15.5. The molecule has 0 atom stereocenters. The first-order chi connectivity index (χ1) is 9.53. The molecule has 0 unspecified atom stereocenters. The van der Waals surface area contributed by atoms with E-state index in [4.69, 9.17) is 4.74 Å². The predicted octanol–water partition coefficient (Wildman–Crippen LogP) is 3.50. The van der Waals surface area contributed by atoms with Gasteiger partial charge in [-0.25, -0.2) is 8.42 Å². The third kappa shape index (κ3) is 3.82. The zero-order chi connectivity index (χ0) is 14.6. The Labute approximate surface area is 131 Å². The number of rotatable bonds is 6. The summed E-state index contributed by atoms with van der Waals surface area (Å²) in [5, 5.41) is 0. The molecule has 0 spiro atoms. The van der Waals surface area contributed by atoms with Crippen molar-refractivity contribution in [3.63, 3.8) is 0 Å². The second kappa shape index (κ2) is 6.71. The average molecular weight is 376 g/mol. The number of sulfonamides is 1. The van der Waals surface area contributed by atoms with Crippen LogP contribution in [0.2, 0.25) is 0 Å². The molecule has 108 valence electrons. The maximum absolute atomic E-state index is 12.3. The molecule has 2 rings (SSSR count). The minimum Gasteiger partial charge on any atom is -0.384 e. The summed E-state index contributed by atoms with van der Waals surface area (Å²) in [5.74, 6) is 0. The summed E-state index contributed by atoms with van der Waals surface area (Å²) in [6.07, 6.45) is 0.656. The fourth-order valence-electron chi connectivity index (χ4n) is 1.69. The van der Waals surface area contributed by atoms with Gasteiger partial charge >= 0.3 is 0 Å². The quantitative estimate of drug-likeness (QED) is 0.840. The third-order valence-electron chi connectivity index (χ3n) is 2.65. The van der Waals surface area contributed by atoms with Crippen LogP contribution in [0.25, 0.3) is 0 Å². The number of methoxy groups -OCH3 is 1. The van der Waals surface area contributed by atoms with E-state index in [9.17, 15) is 8.42 Å².